The fourth-order valence-corrected chi connectivity index (χ4v) is 2.46. The van der Waals surface area contributed by atoms with E-state index in [1.165, 1.54) is 0 Å². The van der Waals surface area contributed by atoms with Crippen molar-refractivity contribution in [1.82, 2.24) is 9.80 Å². The average molecular weight is 248 g/mol. The number of hydrogen-bond acceptors (Lipinski definition) is 4. The van der Waals surface area contributed by atoms with E-state index in [9.17, 15) is 4.79 Å². The smallest absolute Gasteiger partial charge is 0.323 e. The van der Waals surface area contributed by atoms with E-state index in [0.29, 0.717) is 11.0 Å². The zero-order chi connectivity index (χ0) is 11.3. The average Bonchev–Trinajstić information content (AvgIpc) is 2.18. The fraction of sp³-hybridized carbons (Fsp3) is 0.778. The van der Waals surface area contributed by atoms with Crippen LogP contribution in [0.2, 0.25) is 0 Å². The van der Waals surface area contributed by atoms with Gasteiger partial charge in [0.25, 0.3) is 0 Å². The van der Waals surface area contributed by atoms with Gasteiger partial charge in [-0.25, -0.2) is 0 Å². The minimum atomic E-state index is -0.824. The van der Waals surface area contributed by atoms with Crippen LogP contribution in [-0.2, 0) is 4.79 Å². The predicted molar refractivity (Wildman–Crippen MR) is 65.9 cm³/mol. The molecule has 0 atom stereocenters. The molecule has 0 saturated carbocycles. The Balaban J connectivity index is 2.41. The van der Waals surface area contributed by atoms with Gasteiger partial charge in [-0.2, -0.15) is 0 Å². The molecule has 1 aliphatic rings. The summed E-state index contributed by atoms with van der Waals surface area (Å²) in [6.07, 6.45) is 2.30. The third-order valence-electron chi connectivity index (χ3n) is 2.15. The number of aliphatic carboxylic acids is 1. The minimum absolute atomic E-state index is 0.00839. The molecule has 0 unspecified atom stereocenters. The Hall–Kier alpha value is -0.330. The topological polar surface area (TPSA) is 43.8 Å². The minimum Gasteiger partial charge on any atom is -0.480 e. The molecule has 0 aromatic carbocycles. The molecule has 1 rings (SSSR count). The van der Waals surface area contributed by atoms with Gasteiger partial charge in [-0.15, -0.1) is 0 Å². The maximum Gasteiger partial charge on any atom is 0.323 e. The second-order valence-electron chi connectivity index (χ2n) is 3.52. The Labute approximate surface area is 99.6 Å². The van der Waals surface area contributed by atoms with Crippen molar-refractivity contribution in [3.63, 3.8) is 0 Å². The van der Waals surface area contributed by atoms with Crippen molar-refractivity contribution in [2.75, 3.05) is 25.6 Å². The van der Waals surface area contributed by atoms with Crippen molar-refractivity contribution in [1.29, 1.82) is 0 Å². The summed E-state index contributed by atoms with van der Waals surface area (Å²) in [6.45, 7) is 3.82. The number of carboxylic acid groups (broad SMARTS) is 1. The van der Waals surface area contributed by atoms with Crippen LogP contribution in [0.25, 0.3) is 0 Å². The van der Waals surface area contributed by atoms with Crippen molar-refractivity contribution in [3.05, 3.63) is 0 Å². The lowest BCUT2D eigenvalue weighted by atomic mass is 10.3. The molecule has 0 aromatic rings. The molecule has 0 aromatic heterocycles. The Morgan fingerprint density at radius 2 is 2.40 bits per heavy atom. The summed E-state index contributed by atoms with van der Waals surface area (Å²) in [4.78, 5) is 14.6. The molecule has 4 nitrogen and oxygen atoms in total. The van der Waals surface area contributed by atoms with Crippen LogP contribution in [0, 0.1) is 0 Å². The van der Waals surface area contributed by atoms with Crippen LogP contribution in [0.1, 0.15) is 19.8 Å². The molecule has 0 aliphatic carbocycles. The van der Waals surface area contributed by atoms with E-state index in [4.69, 9.17) is 17.3 Å². The molecule has 0 bridgehead atoms. The second kappa shape index (κ2) is 6.30. The molecule has 0 amide bonds. The molecule has 1 saturated heterocycles. The van der Waals surface area contributed by atoms with E-state index in [2.05, 4.69) is 11.8 Å². The number of carbonyl (C=O) groups is 1. The quantitative estimate of drug-likeness (QED) is 0.742. The Kier molecular flexibility index (Phi) is 5.35. The molecule has 1 N–H and O–H groups in total. The van der Waals surface area contributed by atoms with E-state index in [-0.39, 0.29) is 6.54 Å². The van der Waals surface area contributed by atoms with Crippen LogP contribution in [0.5, 0.6) is 0 Å². The zero-order valence-corrected chi connectivity index (χ0v) is 10.4. The van der Waals surface area contributed by atoms with Crippen molar-refractivity contribution in [2.45, 2.75) is 19.8 Å². The molecule has 1 fully saturated rings. The highest BCUT2D eigenvalue weighted by Crippen LogP contribution is 2.18. The molecule has 1 heterocycles. The molecule has 86 valence electrons. The summed E-state index contributed by atoms with van der Waals surface area (Å²) in [5.41, 5.74) is 0. The van der Waals surface area contributed by atoms with E-state index >= 15 is 0 Å². The van der Waals surface area contributed by atoms with Crippen LogP contribution in [0.15, 0.2) is 0 Å². The first kappa shape index (κ1) is 12.7. The molecular weight excluding hydrogens is 232 g/mol. The van der Waals surface area contributed by atoms with Gasteiger partial charge < -0.3 is 10.0 Å². The Morgan fingerprint density at radius 1 is 1.67 bits per heavy atom. The third kappa shape index (κ3) is 4.36. The Bertz CT molecular complexity index is 248. The zero-order valence-electron chi connectivity index (χ0n) is 8.81. The highest BCUT2D eigenvalue weighted by molar-refractivity contribution is 8.22. The lowest BCUT2D eigenvalue weighted by Gasteiger charge is -2.35. The van der Waals surface area contributed by atoms with E-state index in [1.807, 2.05) is 0 Å². The number of nitrogens with zero attached hydrogens (tertiary/aromatic N) is 2. The highest BCUT2D eigenvalue weighted by atomic mass is 32.2. The van der Waals surface area contributed by atoms with Crippen molar-refractivity contribution in [3.8, 4) is 0 Å². The molecular formula is C9H16N2O2S2. The largest absolute Gasteiger partial charge is 0.480 e. The molecule has 1 aliphatic heterocycles. The standard InChI is InChI=1S/C9H16N2O2S2/c1-2-3-4-10-6-11(5-8(12)13)9(14)15-7-10/h2-7H2,1H3,(H,12,13). The number of carboxylic acids is 1. The first-order chi connectivity index (χ1) is 7.13. The van der Waals surface area contributed by atoms with Crippen LogP contribution in [0.4, 0.5) is 0 Å². The number of hydrogen-bond donors (Lipinski definition) is 1. The van der Waals surface area contributed by atoms with E-state index in [0.717, 1.165) is 25.3 Å². The van der Waals surface area contributed by atoms with Gasteiger partial charge in [0.1, 0.15) is 10.9 Å². The summed E-state index contributed by atoms with van der Waals surface area (Å²) in [6, 6.07) is 0. The van der Waals surface area contributed by atoms with E-state index in [1.54, 1.807) is 16.7 Å². The van der Waals surface area contributed by atoms with Gasteiger partial charge in [0.05, 0.1) is 12.5 Å². The van der Waals surface area contributed by atoms with Gasteiger partial charge in [-0.05, 0) is 6.42 Å². The van der Waals surface area contributed by atoms with Crippen molar-refractivity contribution in [2.24, 2.45) is 0 Å². The van der Waals surface area contributed by atoms with Gasteiger partial charge >= 0.3 is 5.97 Å². The fourth-order valence-electron chi connectivity index (χ4n) is 1.37. The molecule has 15 heavy (non-hydrogen) atoms. The van der Waals surface area contributed by atoms with Gasteiger partial charge in [0, 0.05) is 6.54 Å². The SMILES string of the molecule is CCCCN1CSC(=S)N(CC(=O)O)C1. The van der Waals surface area contributed by atoms with Crippen molar-refractivity contribution >= 4 is 34.3 Å². The third-order valence-corrected chi connectivity index (χ3v) is 3.76. The highest BCUT2D eigenvalue weighted by Gasteiger charge is 2.22. The summed E-state index contributed by atoms with van der Waals surface area (Å²) in [7, 11) is 0. The van der Waals surface area contributed by atoms with E-state index < -0.39 is 5.97 Å². The molecule has 0 radical (unpaired) electrons. The number of rotatable bonds is 5. The maximum absolute atomic E-state index is 10.6. The van der Waals surface area contributed by atoms with Crippen LogP contribution >= 0.6 is 24.0 Å². The number of unbranched alkanes of at least 4 members (excludes halogenated alkanes) is 1. The lowest BCUT2D eigenvalue weighted by molar-refractivity contribution is -0.137. The maximum atomic E-state index is 10.6. The van der Waals surface area contributed by atoms with Gasteiger partial charge in [0.15, 0.2) is 0 Å². The van der Waals surface area contributed by atoms with Crippen LogP contribution < -0.4 is 0 Å². The van der Waals surface area contributed by atoms with Gasteiger partial charge in [-0.3, -0.25) is 9.69 Å². The predicted octanol–water partition coefficient (Wildman–Crippen LogP) is 1.42. The summed E-state index contributed by atoms with van der Waals surface area (Å²) >= 11 is 6.66. The summed E-state index contributed by atoms with van der Waals surface area (Å²) < 4.78 is 0.699. The van der Waals surface area contributed by atoms with Gasteiger partial charge in [-0.1, -0.05) is 37.3 Å². The number of thiocarbonyl (C=S) groups is 1. The molecule has 6 heteroatoms. The normalized spacial score (nSPS) is 18.2. The first-order valence-corrected chi connectivity index (χ1v) is 6.38. The summed E-state index contributed by atoms with van der Waals surface area (Å²) in [5, 5.41) is 8.72. The summed E-state index contributed by atoms with van der Waals surface area (Å²) in [5.74, 6) is 0.0601. The number of thioether (sulfide) groups is 1. The second-order valence-corrected chi connectivity index (χ2v) is 5.10. The first-order valence-electron chi connectivity index (χ1n) is 4.99. The van der Waals surface area contributed by atoms with Crippen LogP contribution in [0.3, 0.4) is 0 Å². The van der Waals surface area contributed by atoms with Crippen LogP contribution in [-0.4, -0.2) is 50.8 Å². The lowest BCUT2D eigenvalue weighted by Crippen LogP contribution is -2.46. The van der Waals surface area contributed by atoms with Crippen molar-refractivity contribution < 1.29 is 9.90 Å². The monoisotopic (exact) mass is 248 g/mol. The van der Waals surface area contributed by atoms with Gasteiger partial charge in [0.2, 0.25) is 0 Å². The molecule has 0 spiro atoms. The Morgan fingerprint density at radius 3 is 3.00 bits per heavy atom.